The van der Waals surface area contributed by atoms with Gasteiger partial charge < -0.3 is 4.52 Å². The Hall–Kier alpha value is -0.290. The number of hydrogen-bond donors (Lipinski definition) is 1. The molecule has 78 valence electrons. The molecule has 0 aromatic heterocycles. The summed E-state index contributed by atoms with van der Waals surface area (Å²) < 4.78 is 20.8. The van der Waals surface area contributed by atoms with Gasteiger partial charge in [0.05, 0.1) is 11.9 Å². The van der Waals surface area contributed by atoms with Crippen LogP contribution in [0.5, 0.6) is 5.75 Å². The Morgan fingerprint density at radius 1 is 1.36 bits per heavy atom. The maximum Gasteiger partial charge on any atom is 0.505 e. The minimum atomic E-state index is -3.85. The summed E-state index contributed by atoms with van der Waals surface area (Å²) in [6.07, 6.45) is 0. The van der Waals surface area contributed by atoms with Crippen LogP contribution in [0.15, 0.2) is 30.3 Å². The average molecular weight is 257 g/mol. The van der Waals surface area contributed by atoms with Gasteiger partial charge in [0, 0.05) is 11.8 Å². The lowest BCUT2D eigenvalue weighted by Gasteiger charge is -2.17. The molecule has 1 rings (SSSR count). The van der Waals surface area contributed by atoms with E-state index in [1.165, 1.54) is 0 Å². The van der Waals surface area contributed by atoms with Crippen LogP contribution in [-0.2, 0) is 8.64 Å². The van der Waals surface area contributed by atoms with Gasteiger partial charge in [0.25, 0.3) is 0 Å². The first-order valence-corrected chi connectivity index (χ1v) is 5.59. The van der Waals surface area contributed by atoms with Gasteiger partial charge in [-0.3, -0.25) is 0 Å². The molecule has 0 radical (unpaired) electrons. The lowest BCUT2D eigenvalue weighted by atomic mass is 10.3. The Bertz CT molecular complexity index is 335. The zero-order valence-electron chi connectivity index (χ0n) is 6.84. The first kappa shape index (κ1) is 11.8. The largest absolute Gasteiger partial charge is 0.505 e. The summed E-state index contributed by atoms with van der Waals surface area (Å²) in [5, 5.41) is 0. The number of hydrogen-bond acceptors (Lipinski definition) is 4. The molecule has 1 atom stereocenters. The standard InChI is InChI=1S/C6H7Cl2N2O3P/c7-10(9)14(11,13-8)12-6-4-2-1-3-5-6/h1-5H,9H2. The molecule has 0 aliphatic carbocycles. The Balaban J connectivity index is 2.81. The lowest BCUT2D eigenvalue weighted by Crippen LogP contribution is -2.19. The van der Waals surface area contributed by atoms with Gasteiger partial charge in [0.2, 0.25) is 0 Å². The fourth-order valence-electron chi connectivity index (χ4n) is 0.697. The summed E-state index contributed by atoms with van der Waals surface area (Å²) in [5.41, 5.74) is 0. The van der Waals surface area contributed by atoms with Gasteiger partial charge in [-0.1, -0.05) is 18.2 Å². The Labute approximate surface area is 91.1 Å². The van der Waals surface area contributed by atoms with Crippen LogP contribution in [0.4, 0.5) is 0 Å². The summed E-state index contributed by atoms with van der Waals surface area (Å²) in [4.78, 5) is 0. The van der Waals surface area contributed by atoms with Crippen LogP contribution < -0.4 is 10.4 Å². The van der Waals surface area contributed by atoms with Crippen molar-refractivity contribution in [2.45, 2.75) is 0 Å². The van der Waals surface area contributed by atoms with Crippen LogP contribution in [0.3, 0.4) is 0 Å². The van der Waals surface area contributed by atoms with E-state index in [9.17, 15) is 4.57 Å². The molecule has 1 aromatic carbocycles. The quantitative estimate of drug-likeness (QED) is 0.388. The molecular weight excluding hydrogens is 250 g/mol. The van der Waals surface area contributed by atoms with E-state index in [1.54, 1.807) is 30.3 Å². The minimum Gasteiger partial charge on any atom is -0.411 e. The first-order valence-electron chi connectivity index (χ1n) is 3.44. The van der Waals surface area contributed by atoms with Gasteiger partial charge in [-0.25, -0.2) is 10.4 Å². The molecule has 8 heteroatoms. The van der Waals surface area contributed by atoms with Crippen molar-refractivity contribution in [3.05, 3.63) is 30.3 Å². The van der Waals surface area contributed by atoms with Crippen molar-refractivity contribution in [1.29, 1.82) is 0 Å². The Morgan fingerprint density at radius 2 is 1.93 bits per heavy atom. The zero-order valence-corrected chi connectivity index (χ0v) is 9.25. The monoisotopic (exact) mass is 256 g/mol. The first-order chi connectivity index (χ1) is 6.58. The second-order valence-corrected chi connectivity index (χ2v) is 4.93. The predicted octanol–water partition coefficient (Wildman–Crippen LogP) is 2.67. The maximum absolute atomic E-state index is 11.5. The lowest BCUT2D eigenvalue weighted by molar-refractivity contribution is 0.352. The van der Waals surface area contributed by atoms with Crippen LogP contribution in [0.2, 0.25) is 0 Å². The van der Waals surface area contributed by atoms with Crippen LogP contribution in [0, 0.1) is 0 Å². The highest BCUT2D eigenvalue weighted by Crippen LogP contribution is 2.51. The van der Waals surface area contributed by atoms with Crippen molar-refractivity contribution in [2.75, 3.05) is 0 Å². The van der Waals surface area contributed by atoms with E-state index in [-0.39, 0.29) is 10.0 Å². The van der Waals surface area contributed by atoms with E-state index in [1.807, 2.05) is 0 Å². The van der Waals surface area contributed by atoms with E-state index >= 15 is 0 Å². The third-order valence-corrected chi connectivity index (χ3v) is 3.45. The number of nitrogens with two attached hydrogens (primary N) is 1. The van der Waals surface area contributed by atoms with E-state index in [0.717, 1.165) is 0 Å². The van der Waals surface area contributed by atoms with Crippen LogP contribution in [0.1, 0.15) is 0 Å². The zero-order chi connectivity index (χ0) is 10.6. The summed E-state index contributed by atoms with van der Waals surface area (Å²) >= 11 is 10.2. The van der Waals surface area contributed by atoms with Crippen molar-refractivity contribution >= 4 is 31.4 Å². The third kappa shape index (κ3) is 2.85. The molecule has 5 nitrogen and oxygen atoms in total. The highest BCUT2D eigenvalue weighted by atomic mass is 35.5. The van der Waals surface area contributed by atoms with E-state index in [0.29, 0.717) is 0 Å². The van der Waals surface area contributed by atoms with E-state index in [2.05, 4.69) is 4.08 Å². The molecule has 0 aliphatic heterocycles. The summed E-state index contributed by atoms with van der Waals surface area (Å²) in [7, 11) is -3.85. The number of para-hydroxylation sites is 1. The molecule has 0 fully saturated rings. The van der Waals surface area contributed by atoms with Gasteiger partial charge in [0.15, 0.2) is 0 Å². The fraction of sp³-hybridized carbons (Fsp3) is 0. The number of nitrogens with zero attached hydrogens (tertiary/aromatic N) is 1. The van der Waals surface area contributed by atoms with Crippen LogP contribution >= 0.6 is 31.4 Å². The average Bonchev–Trinajstić information content (AvgIpc) is 2.19. The molecule has 0 heterocycles. The molecule has 0 aliphatic rings. The van der Waals surface area contributed by atoms with Gasteiger partial charge in [-0.2, -0.15) is 4.08 Å². The fourth-order valence-corrected chi connectivity index (χ4v) is 1.81. The van der Waals surface area contributed by atoms with E-state index < -0.39 is 7.75 Å². The predicted molar refractivity (Wildman–Crippen MR) is 53.5 cm³/mol. The molecule has 0 saturated heterocycles. The number of halogens is 2. The topological polar surface area (TPSA) is 64.8 Å². The highest BCUT2D eigenvalue weighted by molar-refractivity contribution is 7.53. The Kier molecular flexibility index (Phi) is 4.19. The molecule has 1 unspecified atom stereocenters. The maximum atomic E-state index is 11.5. The molecule has 1 aromatic rings. The molecular formula is C6H7Cl2N2O3P. The number of rotatable bonds is 4. The Morgan fingerprint density at radius 3 is 2.36 bits per heavy atom. The smallest absolute Gasteiger partial charge is 0.411 e. The molecule has 0 amide bonds. The highest BCUT2D eigenvalue weighted by Gasteiger charge is 2.33. The van der Waals surface area contributed by atoms with E-state index in [4.69, 9.17) is 34.0 Å². The van der Waals surface area contributed by atoms with Crippen molar-refractivity contribution in [1.82, 2.24) is 4.30 Å². The van der Waals surface area contributed by atoms with Gasteiger partial charge in [-0.05, 0) is 16.4 Å². The molecule has 0 saturated carbocycles. The van der Waals surface area contributed by atoms with Gasteiger partial charge >= 0.3 is 7.75 Å². The number of hydrazine groups is 1. The minimum absolute atomic E-state index is 0.271. The second-order valence-electron chi connectivity index (χ2n) is 2.23. The number of benzene rings is 1. The second kappa shape index (κ2) is 4.98. The SMILES string of the molecule is NN(Cl)P(=O)(OCl)Oc1ccccc1. The third-order valence-electron chi connectivity index (χ3n) is 1.29. The van der Waals surface area contributed by atoms with Crippen molar-refractivity contribution in [2.24, 2.45) is 5.84 Å². The summed E-state index contributed by atoms with van der Waals surface area (Å²) in [6.45, 7) is 0. The normalized spacial score (nSPS) is 15.1. The van der Waals surface area contributed by atoms with Crippen LogP contribution in [-0.4, -0.2) is 4.30 Å². The molecule has 2 N–H and O–H groups in total. The summed E-state index contributed by atoms with van der Waals surface area (Å²) in [6, 6.07) is 8.25. The van der Waals surface area contributed by atoms with Crippen molar-refractivity contribution in [3.63, 3.8) is 0 Å². The molecule has 0 bridgehead atoms. The molecule has 14 heavy (non-hydrogen) atoms. The van der Waals surface area contributed by atoms with Crippen LogP contribution in [0.25, 0.3) is 0 Å². The van der Waals surface area contributed by atoms with Gasteiger partial charge in [-0.15, -0.1) is 0 Å². The summed E-state index contributed by atoms with van der Waals surface area (Å²) in [5.74, 6) is 5.32. The van der Waals surface area contributed by atoms with Crippen molar-refractivity contribution in [3.8, 4) is 5.75 Å². The van der Waals surface area contributed by atoms with Crippen molar-refractivity contribution < 1.29 is 13.2 Å². The molecule has 0 spiro atoms. The van der Waals surface area contributed by atoms with Gasteiger partial charge in [0.1, 0.15) is 5.75 Å².